The number of para-hydroxylation sites is 1. The normalized spacial score (nSPS) is 18.8. The van der Waals surface area contributed by atoms with Gasteiger partial charge in [-0.25, -0.2) is 0 Å². The van der Waals surface area contributed by atoms with Gasteiger partial charge in [0.1, 0.15) is 13.2 Å². The number of rotatable bonds is 4. The molecule has 0 radical (unpaired) electrons. The van der Waals surface area contributed by atoms with Crippen LogP contribution in [0.2, 0.25) is 0 Å². The zero-order valence-electron chi connectivity index (χ0n) is 21.4. The highest BCUT2D eigenvalue weighted by Gasteiger charge is 2.34. The molecule has 1 N–H and O–H groups in total. The topological polar surface area (TPSA) is 57.8 Å². The van der Waals surface area contributed by atoms with Gasteiger partial charge in [0.25, 0.3) is 0 Å². The molecule has 1 atom stereocenters. The molecule has 1 amide bonds. The largest absolute Gasteiger partial charge is 0.486 e. The summed E-state index contributed by atoms with van der Waals surface area (Å²) in [6, 6.07) is 22.7. The van der Waals surface area contributed by atoms with Gasteiger partial charge in [0.15, 0.2) is 11.5 Å². The molecule has 4 heterocycles. The first-order chi connectivity index (χ1) is 18.7. The second kappa shape index (κ2) is 9.60. The Bertz CT molecular complexity index is 1510. The van der Waals surface area contributed by atoms with Crippen molar-refractivity contribution in [1.82, 2.24) is 9.88 Å². The molecule has 0 spiro atoms. The maximum absolute atomic E-state index is 13.7. The van der Waals surface area contributed by atoms with Gasteiger partial charge in [0.2, 0.25) is 5.91 Å². The molecule has 192 valence electrons. The molecule has 4 aromatic rings. The van der Waals surface area contributed by atoms with E-state index in [9.17, 15) is 4.79 Å². The number of carbonyl (C=O) groups is 1. The number of nitrogens with one attached hydrogen (secondary N) is 1. The van der Waals surface area contributed by atoms with Crippen LogP contribution in [-0.2, 0) is 11.2 Å². The van der Waals surface area contributed by atoms with Crippen molar-refractivity contribution in [1.29, 1.82) is 0 Å². The first-order valence-corrected chi connectivity index (χ1v) is 13.6. The molecule has 3 aliphatic heterocycles. The Balaban J connectivity index is 1.21. The number of aromatic nitrogens is 1. The van der Waals surface area contributed by atoms with E-state index in [1.807, 2.05) is 29.2 Å². The standard InChI is InChI=1S/C32H31N3O3/c36-30(14-9-22-7-11-24(12-8-22)34-16-3-4-17-34)35-18-15-26-25-5-1-2-6-27(25)33-31(26)32(35)23-10-13-28-29(21-23)38-20-19-37-28/h1-2,5-14,21,32-33H,3-4,15-20H2/b14-9+. The summed E-state index contributed by atoms with van der Waals surface area (Å²) in [4.78, 5) is 21.7. The van der Waals surface area contributed by atoms with E-state index in [0.29, 0.717) is 19.8 Å². The SMILES string of the molecule is O=C(/C=C/c1ccc(N2CCCC2)cc1)N1CCc2c([nH]c3ccccc23)C1c1ccc2c(c1)OCCO2. The van der Waals surface area contributed by atoms with Gasteiger partial charge in [-0.05, 0) is 72.4 Å². The minimum absolute atomic E-state index is 0.00202. The number of benzene rings is 3. The number of hydrogen-bond donors (Lipinski definition) is 1. The lowest BCUT2D eigenvalue weighted by molar-refractivity contribution is -0.128. The van der Waals surface area contributed by atoms with Gasteiger partial charge in [-0.2, -0.15) is 0 Å². The molecule has 0 saturated carbocycles. The smallest absolute Gasteiger partial charge is 0.247 e. The van der Waals surface area contributed by atoms with Crippen molar-refractivity contribution in [3.8, 4) is 11.5 Å². The number of ether oxygens (including phenoxy) is 2. The van der Waals surface area contributed by atoms with Crippen LogP contribution in [0.25, 0.3) is 17.0 Å². The van der Waals surface area contributed by atoms with Crippen LogP contribution in [0.3, 0.4) is 0 Å². The average Bonchev–Trinajstić information content (AvgIpc) is 3.64. The second-order valence-corrected chi connectivity index (χ2v) is 10.3. The molecular formula is C32H31N3O3. The van der Waals surface area contributed by atoms with E-state index in [1.165, 1.54) is 29.5 Å². The maximum atomic E-state index is 13.7. The van der Waals surface area contributed by atoms with Gasteiger partial charge in [0.05, 0.1) is 6.04 Å². The van der Waals surface area contributed by atoms with Crippen LogP contribution in [0.1, 0.15) is 41.3 Å². The third-order valence-electron chi connectivity index (χ3n) is 7.98. The van der Waals surface area contributed by atoms with E-state index >= 15 is 0 Å². The number of fused-ring (bicyclic) bond motifs is 4. The molecule has 38 heavy (non-hydrogen) atoms. The summed E-state index contributed by atoms with van der Waals surface area (Å²) >= 11 is 0. The van der Waals surface area contributed by atoms with Crippen LogP contribution < -0.4 is 14.4 Å². The molecule has 7 rings (SSSR count). The van der Waals surface area contributed by atoms with E-state index in [4.69, 9.17) is 9.47 Å². The average molecular weight is 506 g/mol. The van der Waals surface area contributed by atoms with Crippen LogP contribution >= 0.6 is 0 Å². The first-order valence-electron chi connectivity index (χ1n) is 13.6. The van der Waals surface area contributed by atoms with Crippen molar-refractivity contribution in [3.63, 3.8) is 0 Å². The lowest BCUT2D eigenvalue weighted by atomic mass is 9.92. The molecule has 0 aliphatic carbocycles. The van der Waals surface area contributed by atoms with Gasteiger partial charge in [0, 0.05) is 48.0 Å². The number of nitrogens with zero attached hydrogens (tertiary/aromatic N) is 2. The maximum Gasteiger partial charge on any atom is 0.247 e. The molecule has 6 heteroatoms. The summed E-state index contributed by atoms with van der Waals surface area (Å²) < 4.78 is 11.7. The summed E-state index contributed by atoms with van der Waals surface area (Å²) in [5.41, 5.74) is 6.76. The molecule has 1 saturated heterocycles. The minimum atomic E-state index is -0.239. The van der Waals surface area contributed by atoms with Crippen LogP contribution in [0.4, 0.5) is 5.69 Å². The summed E-state index contributed by atoms with van der Waals surface area (Å²) in [5, 5.41) is 1.23. The third kappa shape index (κ3) is 4.10. The molecule has 6 nitrogen and oxygen atoms in total. The van der Waals surface area contributed by atoms with E-state index in [2.05, 4.69) is 58.4 Å². The van der Waals surface area contributed by atoms with Crippen molar-refractivity contribution in [2.75, 3.05) is 37.7 Å². The predicted octanol–water partition coefficient (Wildman–Crippen LogP) is 5.73. The second-order valence-electron chi connectivity index (χ2n) is 10.3. The third-order valence-corrected chi connectivity index (χ3v) is 7.98. The van der Waals surface area contributed by atoms with Crippen LogP contribution in [0.5, 0.6) is 11.5 Å². The van der Waals surface area contributed by atoms with Crippen molar-refractivity contribution >= 4 is 28.6 Å². The zero-order chi connectivity index (χ0) is 25.5. The summed E-state index contributed by atoms with van der Waals surface area (Å²) in [5.74, 6) is 1.48. The highest BCUT2D eigenvalue weighted by Crippen LogP contribution is 2.41. The fourth-order valence-corrected chi connectivity index (χ4v) is 6.09. The van der Waals surface area contributed by atoms with Crippen molar-refractivity contribution in [2.24, 2.45) is 0 Å². The van der Waals surface area contributed by atoms with E-state index in [0.717, 1.165) is 53.3 Å². The Morgan fingerprint density at radius 2 is 1.68 bits per heavy atom. The summed E-state index contributed by atoms with van der Waals surface area (Å²) in [6.07, 6.45) is 6.97. The van der Waals surface area contributed by atoms with Crippen LogP contribution in [-0.4, -0.2) is 48.6 Å². The lowest BCUT2D eigenvalue weighted by Gasteiger charge is -2.36. The van der Waals surface area contributed by atoms with Crippen molar-refractivity contribution in [2.45, 2.75) is 25.3 Å². The Morgan fingerprint density at radius 3 is 2.53 bits per heavy atom. The Kier molecular flexibility index (Phi) is 5.80. The van der Waals surface area contributed by atoms with Crippen LogP contribution in [0.15, 0.2) is 72.8 Å². The Hall–Kier alpha value is -4.19. The van der Waals surface area contributed by atoms with E-state index in [1.54, 1.807) is 6.08 Å². The number of anilines is 1. The molecule has 3 aromatic carbocycles. The monoisotopic (exact) mass is 505 g/mol. The highest BCUT2D eigenvalue weighted by molar-refractivity contribution is 5.93. The minimum Gasteiger partial charge on any atom is -0.486 e. The van der Waals surface area contributed by atoms with Crippen LogP contribution in [0, 0.1) is 0 Å². The number of amides is 1. The fourth-order valence-electron chi connectivity index (χ4n) is 6.09. The Labute approximate surface area is 222 Å². The Morgan fingerprint density at radius 1 is 0.895 bits per heavy atom. The van der Waals surface area contributed by atoms with Gasteiger partial charge < -0.3 is 24.3 Å². The predicted molar refractivity (Wildman–Crippen MR) is 150 cm³/mol. The van der Waals surface area contributed by atoms with E-state index in [-0.39, 0.29) is 11.9 Å². The summed E-state index contributed by atoms with van der Waals surface area (Å²) in [6.45, 7) is 3.97. The van der Waals surface area contributed by atoms with Gasteiger partial charge in [-0.3, -0.25) is 4.79 Å². The first kappa shape index (κ1) is 23.0. The number of carbonyl (C=O) groups excluding carboxylic acids is 1. The highest BCUT2D eigenvalue weighted by atomic mass is 16.6. The number of H-pyrrole nitrogens is 1. The fraction of sp³-hybridized carbons (Fsp3) is 0.281. The summed E-state index contributed by atoms with van der Waals surface area (Å²) in [7, 11) is 0. The van der Waals surface area contributed by atoms with Crippen molar-refractivity contribution in [3.05, 3.63) is 95.2 Å². The lowest BCUT2D eigenvalue weighted by Crippen LogP contribution is -2.39. The molecule has 1 fully saturated rings. The molecule has 0 bridgehead atoms. The number of aromatic amines is 1. The molecule has 3 aliphatic rings. The van der Waals surface area contributed by atoms with Gasteiger partial charge >= 0.3 is 0 Å². The molecular weight excluding hydrogens is 474 g/mol. The molecule has 1 aromatic heterocycles. The number of hydrogen-bond acceptors (Lipinski definition) is 4. The molecule has 1 unspecified atom stereocenters. The van der Waals surface area contributed by atoms with Gasteiger partial charge in [-0.15, -0.1) is 0 Å². The quantitative estimate of drug-likeness (QED) is 0.360. The van der Waals surface area contributed by atoms with Gasteiger partial charge in [-0.1, -0.05) is 36.4 Å². The van der Waals surface area contributed by atoms with E-state index < -0.39 is 0 Å². The zero-order valence-corrected chi connectivity index (χ0v) is 21.4. The van der Waals surface area contributed by atoms with Crippen molar-refractivity contribution < 1.29 is 14.3 Å².